The highest BCUT2D eigenvalue weighted by atomic mass is 16.3. The molecule has 0 aromatic rings. The van der Waals surface area contributed by atoms with Gasteiger partial charge in [0.15, 0.2) is 0 Å². The molecule has 2 nitrogen and oxygen atoms in total. The van der Waals surface area contributed by atoms with Gasteiger partial charge in [0.05, 0.1) is 6.10 Å². The Hall–Kier alpha value is -0.0800. The van der Waals surface area contributed by atoms with Gasteiger partial charge in [0, 0.05) is 6.61 Å². The van der Waals surface area contributed by atoms with E-state index in [4.69, 9.17) is 5.11 Å². The fourth-order valence-electron chi connectivity index (χ4n) is 3.12. The minimum Gasteiger partial charge on any atom is -0.396 e. The summed E-state index contributed by atoms with van der Waals surface area (Å²) in [6, 6.07) is 0. The van der Waals surface area contributed by atoms with Crippen LogP contribution in [0.15, 0.2) is 0 Å². The van der Waals surface area contributed by atoms with Gasteiger partial charge in [0.2, 0.25) is 0 Å². The monoisotopic (exact) mass is 170 g/mol. The number of hydrogen-bond donors (Lipinski definition) is 2. The highest BCUT2D eigenvalue weighted by Gasteiger charge is 2.40. The molecule has 2 N–H and O–H groups in total. The molecule has 2 heteroatoms. The number of rotatable bonds is 2. The Balaban J connectivity index is 1.99. The third kappa shape index (κ3) is 1.38. The van der Waals surface area contributed by atoms with E-state index in [1.54, 1.807) is 0 Å². The lowest BCUT2D eigenvalue weighted by molar-refractivity contribution is -0.0426. The Bertz CT molecular complexity index is 158. The van der Waals surface area contributed by atoms with Crippen LogP contribution in [0.3, 0.4) is 0 Å². The third-order valence-electron chi connectivity index (χ3n) is 3.72. The summed E-state index contributed by atoms with van der Waals surface area (Å²) in [6.07, 6.45) is 5.61. The van der Waals surface area contributed by atoms with E-state index >= 15 is 0 Å². The van der Waals surface area contributed by atoms with E-state index in [9.17, 15) is 5.11 Å². The van der Waals surface area contributed by atoms with Gasteiger partial charge in [0.1, 0.15) is 0 Å². The summed E-state index contributed by atoms with van der Waals surface area (Å²) >= 11 is 0. The molecule has 0 unspecified atom stereocenters. The van der Waals surface area contributed by atoms with Crippen LogP contribution in [0.1, 0.15) is 32.1 Å². The molecule has 0 aromatic carbocycles. The number of aliphatic hydroxyl groups excluding tert-OH is 2. The Morgan fingerprint density at radius 2 is 2.00 bits per heavy atom. The molecule has 0 amide bonds. The molecule has 0 aliphatic heterocycles. The summed E-state index contributed by atoms with van der Waals surface area (Å²) < 4.78 is 0. The van der Waals surface area contributed by atoms with Crippen molar-refractivity contribution in [2.45, 2.75) is 38.2 Å². The Kier molecular flexibility index (Phi) is 2.37. The van der Waals surface area contributed by atoms with E-state index in [1.807, 2.05) is 0 Å². The zero-order chi connectivity index (χ0) is 8.55. The van der Waals surface area contributed by atoms with Gasteiger partial charge < -0.3 is 10.2 Å². The quantitative estimate of drug-likeness (QED) is 0.653. The third-order valence-corrected chi connectivity index (χ3v) is 3.72. The van der Waals surface area contributed by atoms with E-state index in [-0.39, 0.29) is 6.10 Å². The van der Waals surface area contributed by atoms with Crippen LogP contribution in [0, 0.1) is 17.8 Å². The molecule has 0 spiro atoms. The molecule has 0 aromatic heterocycles. The lowest BCUT2D eigenvalue weighted by Crippen LogP contribution is -2.41. The van der Waals surface area contributed by atoms with Crippen LogP contribution >= 0.6 is 0 Å². The topological polar surface area (TPSA) is 40.5 Å². The summed E-state index contributed by atoms with van der Waals surface area (Å²) in [4.78, 5) is 0. The van der Waals surface area contributed by atoms with Crippen molar-refractivity contribution in [3.05, 3.63) is 0 Å². The number of aliphatic hydroxyl groups is 2. The SMILES string of the molecule is OCC[C@@H]1C[C@H]2CC[C@H]1[C@@H](O)C2. The van der Waals surface area contributed by atoms with Crippen LogP contribution in [-0.2, 0) is 0 Å². The lowest BCUT2D eigenvalue weighted by Gasteiger charge is -2.45. The van der Waals surface area contributed by atoms with Crippen LogP contribution in [-0.4, -0.2) is 22.9 Å². The highest BCUT2D eigenvalue weighted by molar-refractivity contribution is 4.91. The maximum absolute atomic E-state index is 9.71. The first kappa shape index (κ1) is 8.52. The number of fused-ring (bicyclic) bond motifs is 3. The Labute approximate surface area is 73.6 Å². The van der Waals surface area contributed by atoms with Crippen molar-refractivity contribution < 1.29 is 10.2 Å². The van der Waals surface area contributed by atoms with Crippen LogP contribution in [0.4, 0.5) is 0 Å². The fourth-order valence-corrected chi connectivity index (χ4v) is 3.12. The second-order valence-electron chi connectivity index (χ2n) is 4.42. The first-order valence-corrected chi connectivity index (χ1v) is 5.10. The maximum Gasteiger partial charge on any atom is 0.0573 e. The van der Waals surface area contributed by atoms with Crippen LogP contribution < -0.4 is 0 Å². The summed E-state index contributed by atoms with van der Waals surface area (Å²) in [5, 5.41) is 18.6. The average molecular weight is 170 g/mol. The van der Waals surface area contributed by atoms with E-state index in [0.717, 1.165) is 18.8 Å². The molecular formula is C10H18O2. The first-order chi connectivity index (χ1) is 5.81. The van der Waals surface area contributed by atoms with Gasteiger partial charge in [0.25, 0.3) is 0 Å². The molecule has 0 heterocycles. The summed E-state index contributed by atoms with van der Waals surface area (Å²) in [5.74, 6) is 1.86. The Morgan fingerprint density at radius 1 is 1.17 bits per heavy atom. The fraction of sp³-hybridized carbons (Fsp3) is 1.00. The molecule has 12 heavy (non-hydrogen) atoms. The molecule has 4 atom stereocenters. The van der Waals surface area contributed by atoms with Gasteiger partial charge in [-0.25, -0.2) is 0 Å². The maximum atomic E-state index is 9.71. The molecule has 2 bridgehead atoms. The molecule has 3 rings (SSSR count). The molecule has 3 fully saturated rings. The van der Waals surface area contributed by atoms with Gasteiger partial charge in [-0.1, -0.05) is 0 Å². The molecule has 0 radical (unpaired) electrons. The van der Waals surface area contributed by atoms with Gasteiger partial charge in [-0.15, -0.1) is 0 Å². The largest absolute Gasteiger partial charge is 0.396 e. The van der Waals surface area contributed by atoms with Crippen molar-refractivity contribution in [2.24, 2.45) is 17.8 Å². The second-order valence-corrected chi connectivity index (χ2v) is 4.42. The van der Waals surface area contributed by atoms with Crippen molar-refractivity contribution >= 4 is 0 Å². The molecule has 70 valence electrons. The number of hydrogen-bond acceptors (Lipinski definition) is 2. The molecule has 3 aliphatic carbocycles. The van der Waals surface area contributed by atoms with Crippen LogP contribution in [0.5, 0.6) is 0 Å². The predicted molar refractivity (Wildman–Crippen MR) is 46.6 cm³/mol. The van der Waals surface area contributed by atoms with Crippen molar-refractivity contribution in [1.82, 2.24) is 0 Å². The van der Waals surface area contributed by atoms with Crippen molar-refractivity contribution in [3.8, 4) is 0 Å². The zero-order valence-corrected chi connectivity index (χ0v) is 7.45. The van der Waals surface area contributed by atoms with Crippen molar-refractivity contribution in [2.75, 3.05) is 6.61 Å². The lowest BCUT2D eigenvalue weighted by atomic mass is 9.62. The van der Waals surface area contributed by atoms with E-state index < -0.39 is 0 Å². The van der Waals surface area contributed by atoms with Crippen molar-refractivity contribution in [1.29, 1.82) is 0 Å². The molecular weight excluding hydrogens is 152 g/mol. The highest BCUT2D eigenvalue weighted by Crippen LogP contribution is 2.46. The predicted octanol–water partition coefficient (Wildman–Crippen LogP) is 1.17. The summed E-state index contributed by atoms with van der Waals surface area (Å²) in [7, 11) is 0. The van der Waals surface area contributed by atoms with Gasteiger partial charge in [-0.2, -0.15) is 0 Å². The molecule has 3 saturated carbocycles. The zero-order valence-electron chi connectivity index (χ0n) is 7.45. The van der Waals surface area contributed by atoms with Gasteiger partial charge in [-0.05, 0) is 49.9 Å². The van der Waals surface area contributed by atoms with Gasteiger partial charge in [-0.3, -0.25) is 0 Å². The minimum atomic E-state index is -0.0611. The van der Waals surface area contributed by atoms with Gasteiger partial charge >= 0.3 is 0 Å². The van der Waals surface area contributed by atoms with E-state index in [1.165, 1.54) is 19.3 Å². The summed E-state index contributed by atoms with van der Waals surface area (Å²) in [5.41, 5.74) is 0. The van der Waals surface area contributed by atoms with Crippen molar-refractivity contribution in [3.63, 3.8) is 0 Å². The minimum absolute atomic E-state index is 0.0611. The smallest absolute Gasteiger partial charge is 0.0573 e. The van der Waals surface area contributed by atoms with E-state index in [0.29, 0.717) is 18.4 Å². The Morgan fingerprint density at radius 3 is 2.58 bits per heavy atom. The van der Waals surface area contributed by atoms with Crippen LogP contribution in [0.25, 0.3) is 0 Å². The van der Waals surface area contributed by atoms with E-state index in [2.05, 4.69) is 0 Å². The molecule has 3 aliphatic rings. The van der Waals surface area contributed by atoms with Crippen LogP contribution in [0.2, 0.25) is 0 Å². The molecule has 0 saturated heterocycles. The standard InChI is InChI=1S/C10H18O2/c11-4-3-8-5-7-1-2-9(8)10(12)6-7/h7-12H,1-6H2/t7-,8-,9-,10+/m1/s1. The normalized spacial score (nSPS) is 46.5. The second kappa shape index (κ2) is 3.35. The average Bonchev–Trinajstić information content (AvgIpc) is 2.05. The first-order valence-electron chi connectivity index (χ1n) is 5.10. The summed E-state index contributed by atoms with van der Waals surface area (Å²) in [6.45, 7) is 0.292.